The van der Waals surface area contributed by atoms with Crippen LogP contribution in [-0.4, -0.2) is 0 Å². The van der Waals surface area contributed by atoms with Gasteiger partial charge < -0.3 is 4.74 Å². The minimum Gasteiger partial charge on any atom is -0.457 e. The smallest absolute Gasteiger partial charge is 0.131 e. The molecule has 0 N–H and O–H groups in total. The minimum absolute atomic E-state index is 0.0224. The van der Waals surface area contributed by atoms with E-state index in [4.69, 9.17) is 4.74 Å². The van der Waals surface area contributed by atoms with Crippen molar-refractivity contribution < 1.29 is 4.74 Å². The standard InChI is InChI=1S/C19H22O/c1-18(2,3)13-10-11-17-15(12-13)19(4,5)14-8-6-7-9-16(14)20-17/h6-12H,1-5H3. The van der Waals surface area contributed by atoms with E-state index >= 15 is 0 Å². The lowest BCUT2D eigenvalue weighted by molar-refractivity contribution is 0.416. The number of rotatable bonds is 0. The van der Waals surface area contributed by atoms with E-state index in [0.29, 0.717) is 0 Å². The number of hydrogen-bond donors (Lipinski definition) is 0. The second-order valence-electron chi connectivity index (χ2n) is 7.18. The maximum absolute atomic E-state index is 6.08. The van der Waals surface area contributed by atoms with Crippen LogP contribution in [0, 0.1) is 0 Å². The van der Waals surface area contributed by atoms with Crippen LogP contribution in [-0.2, 0) is 10.8 Å². The fourth-order valence-electron chi connectivity index (χ4n) is 2.91. The first-order valence-corrected chi connectivity index (χ1v) is 7.22. The molecule has 1 heteroatoms. The van der Waals surface area contributed by atoms with Gasteiger partial charge in [0.2, 0.25) is 0 Å². The lowest BCUT2D eigenvalue weighted by Crippen LogP contribution is -2.25. The Labute approximate surface area is 121 Å². The monoisotopic (exact) mass is 266 g/mol. The highest BCUT2D eigenvalue weighted by Crippen LogP contribution is 2.48. The van der Waals surface area contributed by atoms with Crippen molar-refractivity contribution in [1.29, 1.82) is 0 Å². The van der Waals surface area contributed by atoms with Gasteiger partial charge in [-0.2, -0.15) is 0 Å². The second-order valence-corrected chi connectivity index (χ2v) is 7.18. The molecule has 0 aliphatic carbocycles. The van der Waals surface area contributed by atoms with E-state index in [9.17, 15) is 0 Å². The van der Waals surface area contributed by atoms with Crippen molar-refractivity contribution in [3.05, 3.63) is 59.2 Å². The third kappa shape index (κ3) is 1.93. The zero-order chi connectivity index (χ0) is 14.5. The SMILES string of the molecule is CC(C)(C)c1ccc2c(c1)C(C)(C)c1ccccc1O2. The summed E-state index contributed by atoms with van der Waals surface area (Å²) >= 11 is 0. The van der Waals surface area contributed by atoms with Crippen molar-refractivity contribution in [2.75, 3.05) is 0 Å². The molecule has 0 radical (unpaired) electrons. The molecule has 0 saturated heterocycles. The van der Waals surface area contributed by atoms with E-state index in [-0.39, 0.29) is 10.8 Å². The molecule has 0 fully saturated rings. The van der Waals surface area contributed by atoms with E-state index in [1.807, 2.05) is 6.07 Å². The van der Waals surface area contributed by atoms with Gasteiger partial charge >= 0.3 is 0 Å². The van der Waals surface area contributed by atoms with Gasteiger partial charge in [-0.3, -0.25) is 0 Å². The summed E-state index contributed by atoms with van der Waals surface area (Å²) in [7, 11) is 0. The van der Waals surface area contributed by atoms with E-state index in [0.717, 1.165) is 11.5 Å². The van der Waals surface area contributed by atoms with Crippen LogP contribution in [0.15, 0.2) is 42.5 Å². The maximum atomic E-state index is 6.08. The Balaban J connectivity index is 2.20. The van der Waals surface area contributed by atoms with E-state index in [1.54, 1.807) is 0 Å². The zero-order valence-corrected chi connectivity index (χ0v) is 12.9. The third-order valence-corrected chi connectivity index (χ3v) is 4.30. The largest absolute Gasteiger partial charge is 0.457 e. The van der Waals surface area contributed by atoms with E-state index in [1.165, 1.54) is 16.7 Å². The lowest BCUT2D eigenvalue weighted by Gasteiger charge is -2.35. The van der Waals surface area contributed by atoms with Gasteiger partial charge in [-0.25, -0.2) is 0 Å². The fraction of sp³-hybridized carbons (Fsp3) is 0.368. The molecule has 1 heterocycles. The van der Waals surface area contributed by atoms with Crippen molar-refractivity contribution in [1.82, 2.24) is 0 Å². The molecule has 104 valence electrons. The Bertz CT molecular complexity index is 660. The molecule has 0 bridgehead atoms. The molecule has 0 amide bonds. The van der Waals surface area contributed by atoms with Crippen LogP contribution in [0.5, 0.6) is 11.5 Å². The molecular formula is C19H22O. The average molecular weight is 266 g/mol. The first-order valence-electron chi connectivity index (χ1n) is 7.22. The highest BCUT2D eigenvalue weighted by atomic mass is 16.5. The summed E-state index contributed by atoms with van der Waals surface area (Å²) in [5.74, 6) is 1.97. The molecule has 1 aliphatic heterocycles. The molecule has 0 atom stereocenters. The van der Waals surface area contributed by atoms with Gasteiger partial charge in [0.15, 0.2) is 0 Å². The van der Waals surface area contributed by atoms with E-state index < -0.39 is 0 Å². The Morgan fingerprint density at radius 3 is 2.20 bits per heavy atom. The number of ether oxygens (including phenoxy) is 1. The van der Waals surface area contributed by atoms with Gasteiger partial charge in [-0.1, -0.05) is 65.0 Å². The number of hydrogen-bond acceptors (Lipinski definition) is 1. The van der Waals surface area contributed by atoms with Crippen LogP contribution in [0.3, 0.4) is 0 Å². The maximum Gasteiger partial charge on any atom is 0.131 e. The molecule has 1 nitrogen and oxygen atoms in total. The summed E-state index contributed by atoms with van der Waals surface area (Å²) in [6.45, 7) is 11.3. The van der Waals surface area contributed by atoms with Crippen molar-refractivity contribution in [3.8, 4) is 11.5 Å². The highest BCUT2D eigenvalue weighted by molar-refractivity contribution is 5.57. The molecule has 0 aromatic heterocycles. The molecule has 2 aromatic rings. The molecular weight excluding hydrogens is 244 g/mol. The topological polar surface area (TPSA) is 9.23 Å². The van der Waals surface area contributed by atoms with E-state index in [2.05, 4.69) is 71.0 Å². The summed E-state index contributed by atoms with van der Waals surface area (Å²) in [5.41, 5.74) is 4.03. The second kappa shape index (κ2) is 4.12. The van der Waals surface area contributed by atoms with Crippen molar-refractivity contribution in [2.24, 2.45) is 0 Å². The van der Waals surface area contributed by atoms with Crippen LogP contribution < -0.4 is 4.74 Å². The quantitative estimate of drug-likeness (QED) is 0.619. The van der Waals surface area contributed by atoms with Gasteiger partial charge in [-0.05, 0) is 23.1 Å². The van der Waals surface area contributed by atoms with Crippen molar-refractivity contribution in [3.63, 3.8) is 0 Å². The predicted molar refractivity (Wildman–Crippen MR) is 83.8 cm³/mol. The molecule has 1 aliphatic rings. The van der Waals surface area contributed by atoms with Crippen LogP contribution in [0.4, 0.5) is 0 Å². The normalized spacial score (nSPS) is 16.1. The molecule has 20 heavy (non-hydrogen) atoms. The first-order chi connectivity index (χ1) is 9.30. The summed E-state index contributed by atoms with van der Waals surface area (Å²) in [4.78, 5) is 0. The summed E-state index contributed by atoms with van der Waals surface area (Å²) in [6, 6.07) is 15.0. The van der Waals surface area contributed by atoms with Crippen LogP contribution in [0.25, 0.3) is 0 Å². The Morgan fingerprint density at radius 2 is 1.50 bits per heavy atom. The fourth-order valence-corrected chi connectivity index (χ4v) is 2.91. The number of benzene rings is 2. The molecule has 0 unspecified atom stereocenters. The molecule has 3 rings (SSSR count). The number of fused-ring (bicyclic) bond motifs is 2. The lowest BCUT2D eigenvalue weighted by atomic mass is 9.73. The van der Waals surface area contributed by atoms with Crippen LogP contribution >= 0.6 is 0 Å². The predicted octanol–water partition coefficient (Wildman–Crippen LogP) is 5.42. The van der Waals surface area contributed by atoms with Crippen LogP contribution in [0.1, 0.15) is 51.3 Å². The minimum atomic E-state index is -0.0224. The van der Waals surface area contributed by atoms with Gasteiger partial charge in [0.05, 0.1) is 0 Å². The third-order valence-electron chi connectivity index (χ3n) is 4.30. The zero-order valence-electron chi connectivity index (χ0n) is 12.9. The summed E-state index contributed by atoms with van der Waals surface area (Å²) in [5, 5.41) is 0. The Hall–Kier alpha value is -1.76. The molecule has 0 saturated carbocycles. The highest BCUT2D eigenvalue weighted by Gasteiger charge is 2.34. The van der Waals surface area contributed by atoms with Gasteiger partial charge in [0, 0.05) is 16.5 Å². The van der Waals surface area contributed by atoms with Gasteiger partial charge in [-0.15, -0.1) is 0 Å². The summed E-state index contributed by atoms with van der Waals surface area (Å²) in [6.07, 6.45) is 0. The van der Waals surface area contributed by atoms with Crippen LogP contribution in [0.2, 0.25) is 0 Å². The summed E-state index contributed by atoms with van der Waals surface area (Å²) < 4.78 is 6.08. The average Bonchev–Trinajstić information content (AvgIpc) is 2.37. The van der Waals surface area contributed by atoms with Crippen molar-refractivity contribution in [2.45, 2.75) is 45.4 Å². The Morgan fingerprint density at radius 1 is 0.850 bits per heavy atom. The van der Waals surface area contributed by atoms with Gasteiger partial charge in [0.25, 0.3) is 0 Å². The van der Waals surface area contributed by atoms with Gasteiger partial charge in [0.1, 0.15) is 11.5 Å². The molecule has 0 spiro atoms. The molecule has 2 aromatic carbocycles. The number of para-hydroxylation sites is 1. The Kier molecular flexibility index (Phi) is 2.72. The first kappa shape index (κ1) is 13.2. The van der Waals surface area contributed by atoms with Crippen molar-refractivity contribution >= 4 is 0 Å².